The van der Waals surface area contributed by atoms with Crippen LogP contribution in [0.1, 0.15) is 19.3 Å². The molecule has 3 heterocycles. The molecular weight excluding hydrogens is 262 g/mol. The number of benzene rings is 1. The van der Waals surface area contributed by atoms with Crippen LogP contribution < -0.4 is 10.6 Å². The smallest absolute Gasteiger partial charge is 0.222 e. The van der Waals surface area contributed by atoms with Gasteiger partial charge in [0, 0.05) is 24.5 Å². The number of hydrogen-bond acceptors (Lipinski definition) is 5. The molecule has 0 bridgehead atoms. The van der Waals surface area contributed by atoms with E-state index in [0.29, 0.717) is 12.0 Å². The van der Waals surface area contributed by atoms with Crippen molar-refractivity contribution in [1.29, 1.82) is 0 Å². The van der Waals surface area contributed by atoms with E-state index in [-0.39, 0.29) is 0 Å². The normalized spacial score (nSPS) is 23.2. The van der Waals surface area contributed by atoms with E-state index in [1.54, 1.807) is 0 Å². The Balaban J connectivity index is 1.64. The lowest BCUT2D eigenvalue weighted by Gasteiger charge is -2.24. The summed E-state index contributed by atoms with van der Waals surface area (Å²) in [5.41, 5.74) is 6.82. The largest absolute Gasteiger partial charge is 0.368 e. The predicted molar refractivity (Wildman–Crippen MR) is 85.4 cm³/mol. The molecule has 0 aliphatic carbocycles. The molecule has 0 saturated carbocycles. The van der Waals surface area contributed by atoms with Crippen molar-refractivity contribution in [3.8, 4) is 0 Å². The lowest BCUT2D eigenvalue weighted by atomic mass is 10.2. The van der Waals surface area contributed by atoms with E-state index in [9.17, 15) is 0 Å². The number of nitrogens with zero attached hydrogens (tertiary/aromatic N) is 4. The highest BCUT2D eigenvalue weighted by Gasteiger charge is 2.30. The van der Waals surface area contributed by atoms with Gasteiger partial charge in [-0.3, -0.25) is 4.90 Å². The Hall–Kier alpha value is -1.88. The molecule has 5 nitrogen and oxygen atoms in total. The van der Waals surface area contributed by atoms with Gasteiger partial charge in [-0.2, -0.15) is 4.98 Å². The molecule has 2 aliphatic heterocycles. The maximum Gasteiger partial charge on any atom is 0.222 e. The average molecular weight is 283 g/mol. The number of hydrogen-bond donors (Lipinski definition) is 1. The number of likely N-dealkylation sites (tertiary alicyclic amines) is 1. The third kappa shape index (κ3) is 2.31. The first kappa shape index (κ1) is 12.8. The monoisotopic (exact) mass is 283 g/mol. The van der Waals surface area contributed by atoms with Crippen LogP contribution in [0, 0.1) is 0 Å². The van der Waals surface area contributed by atoms with E-state index in [2.05, 4.69) is 25.8 Å². The second-order valence-electron chi connectivity index (χ2n) is 6.05. The maximum absolute atomic E-state index is 5.89. The first-order valence-corrected chi connectivity index (χ1v) is 7.82. The quantitative estimate of drug-likeness (QED) is 0.912. The first-order valence-electron chi connectivity index (χ1n) is 7.82. The van der Waals surface area contributed by atoms with Crippen LogP contribution in [0.4, 0.5) is 11.8 Å². The number of fused-ring (bicyclic) bond motifs is 1. The molecular formula is C16H21N5. The minimum Gasteiger partial charge on any atom is -0.368 e. The van der Waals surface area contributed by atoms with Gasteiger partial charge in [-0.15, -0.1) is 0 Å². The summed E-state index contributed by atoms with van der Waals surface area (Å²) < 4.78 is 0. The zero-order valence-corrected chi connectivity index (χ0v) is 12.2. The molecule has 21 heavy (non-hydrogen) atoms. The molecule has 0 amide bonds. The van der Waals surface area contributed by atoms with E-state index in [0.717, 1.165) is 29.8 Å². The molecule has 2 saturated heterocycles. The Morgan fingerprint density at radius 2 is 1.86 bits per heavy atom. The molecule has 0 spiro atoms. The molecule has 1 aromatic carbocycles. The Kier molecular flexibility index (Phi) is 3.15. The fourth-order valence-corrected chi connectivity index (χ4v) is 3.66. The van der Waals surface area contributed by atoms with Gasteiger partial charge >= 0.3 is 0 Å². The molecule has 4 rings (SSSR count). The van der Waals surface area contributed by atoms with Crippen molar-refractivity contribution >= 4 is 22.7 Å². The summed E-state index contributed by atoms with van der Waals surface area (Å²) >= 11 is 0. The number of rotatable bonds is 2. The van der Waals surface area contributed by atoms with Crippen LogP contribution >= 0.6 is 0 Å². The van der Waals surface area contributed by atoms with Gasteiger partial charge in [0.15, 0.2) is 0 Å². The molecule has 0 radical (unpaired) electrons. The summed E-state index contributed by atoms with van der Waals surface area (Å²) in [7, 11) is 0. The van der Waals surface area contributed by atoms with Crippen LogP contribution in [-0.4, -0.2) is 47.1 Å². The second-order valence-corrected chi connectivity index (χ2v) is 6.05. The highest BCUT2D eigenvalue weighted by molar-refractivity contribution is 5.90. The minimum atomic E-state index is 0.369. The SMILES string of the molecule is Nc1nc(N2CCC(N3CCCC3)C2)c2ccccc2n1. The lowest BCUT2D eigenvalue weighted by molar-refractivity contribution is 0.260. The molecule has 1 atom stereocenters. The van der Waals surface area contributed by atoms with Crippen LogP contribution in [0.3, 0.4) is 0 Å². The van der Waals surface area contributed by atoms with Crippen molar-refractivity contribution in [2.45, 2.75) is 25.3 Å². The first-order chi connectivity index (χ1) is 10.3. The standard InChI is InChI=1S/C16H21N5/c17-16-18-14-6-2-1-5-13(14)15(19-16)21-10-7-12(11-21)20-8-3-4-9-20/h1-2,5-6,12H,3-4,7-11H2,(H2,17,18,19). The summed E-state index contributed by atoms with van der Waals surface area (Å²) in [6.45, 7) is 4.62. The van der Waals surface area contributed by atoms with Crippen LogP contribution in [0.2, 0.25) is 0 Å². The fraction of sp³-hybridized carbons (Fsp3) is 0.500. The fourth-order valence-electron chi connectivity index (χ4n) is 3.66. The van der Waals surface area contributed by atoms with Crippen molar-refractivity contribution in [3.63, 3.8) is 0 Å². The molecule has 2 N–H and O–H groups in total. The van der Waals surface area contributed by atoms with Crippen molar-refractivity contribution in [2.24, 2.45) is 0 Å². The van der Waals surface area contributed by atoms with Gasteiger partial charge in [-0.25, -0.2) is 4.98 Å². The van der Waals surface area contributed by atoms with E-state index in [4.69, 9.17) is 5.73 Å². The van der Waals surface area contributed by atoms with Gasteiger partial charge in [0.1, 0.15) is 5.82 Å². The van der Waals surface area contributed by atoms with Gasteiger partial charge in [0.2, 0.25) is 5.95 Å². The van der Waals surface area contributed by atoms with E-state index in [1.165, 1.54) is 32.4 Å². The van der Waals surface area contributed by atoms with Gasteiger partial charge < -0.3 is 10.6 Å². The summed E-state index contributed by atoms with van der Waals surface area (Å²) in [6, 6.07) is 8.80. The maximum atomic E-state index is 5.89. The van der Waals surface area contributed by atoms with Crippen molar-refractivity contribution in [1.82, 2.24) is 14.9 Å². The highest BCUT2D eigenvalue weighted by atomic mass is 15.3. The Labute approximate surface area is 124 Å². The van der Waals surface area contributed by atoms with E-state index < -0.39 is 0 Å². The third-order valence-electron chi connectivity index (χ3n) is 4.72. The van der Waals surface area contributed by atoms with Crippen LogP contribution in [0.5, 0.6) is 0 Å². The summed E-state index contributed by atoms with van der Waals surface area (Å²) in [5.74, 6) is 1.37. The minimum absolute atomic E-state index is 0.369. The van der Waals surface area contributed by atoms with Crippen molar-refractivity contribution in [3.05, 3.63) is 24.3 Å². The summed E-state index contributed by atoms with van der Waals surface area (Å²) in [5, 5.41) is 1.11. The molecule has 110 valence electrons. The van der Waals surface area contributed by atoms with Gasteiger partial charge in [0.05, 0.1) is 5.52 Å². The number of anilines is 2. The topological polar surface area (TPSA) is 58.3 Å². The number of nitrogens with two attached hydrogens (primary N) is 1. The van der Waals surface area contributed by atoms with Crippen LogP contribution in [0.15, 0.2) is 24.3 Å². The molecule has 2 aliphatic rings. The molecule has 1 unspecified atom stereocenters. The molecule has 2 aromatic rings. The van der Waals surface area contributed by atoms with Crippen LogP contribution in [-0.2, 0) is 0 Å². The lowest BCUT2D eigenvalue weighted by Crippen LogP contribution is -2.35. The van der Waals surface area contributed by atoms with Crippen molar-refractivity contribution < 1.29 is 0 Å². The average Bonchev–Trinajstić information content (AvgIpc) is 3.17. The van der Waals surface area contributed by atoms with E-state index in [1.807, 2.05) is 18.2 Å². The molecule has 1 aromatic heterocycles. The van der Waals surface area contributed by atoms with E-state index >= 15 is 0 Å². The van der Waals surface area contributed by atoms with Gasteiger partial charge in [-0.1, -0.05) is 12.1 Å². The third-order valence-corrected chi connectivity index (χ3v) is 4.72. The number of aromatic nitrogens is 2. The zero-order valence-electron chi connectivity index (χ0n) is 12.2. The van der Waals surface area contributed by atoms with Crippen LogP contribution in [0.25, 0.3) is 10.9 Å². The zero-order chi connectivity index (χ0) is 14.2. The van der Waals surface area contributed by atoms with Gasteiger partial charge in [0.25, 0.3) is 0 Å². The Bertz CT molecular complexity index is 650. The Morgan fingerprint density at radius 3 is 2.71 bits per heavy atom. The predicted octanol–water partition coefficient (Wildman–Crippen LogP) is 1.89. The van der Waals surface area contributed by atoms with Gasteiger partial charge in [-0.05, 0) is 44.5 Å². The second kappa shape index (κ2) is 5.15. The number of para-hydroxylation sites is 1. The molecule has 2 fully saturated rings. The number of nitrogen functional groups attached to an aromatic ring is 1. The summed E-state index contributed by atoms with van der Waals surface area (Å²) in [4.78, 5) is 13.9. The molecule has 5 heteroatoms. The van der Waals surface area contributed by atoms with Crippen molar-refractivity contribution in [2.75, 3.05) is 36.8 Å². The summed E-state index contributed by atoms with van der Waals surface area (Å²) in [6.07, 6.45) is 3.91. The Morgan fingerprint density at radius 1 is 1.05 bits per heavy atom. The highest BCUT2D eigenvalue weighted by Crippen LogP contribution is 2.29.